The zero-order valence-electron chi connectivity index (χ0n) is 7.12. The predicted octanol–water partition coefficient (Wildman–Crippen LogP) is 2.52. The van der Waals surface area contributed by atoms with Crippen molar-refractivity contribution in [3.05, 3.63) is 35.4 Å². The van der Waals surface area contributed by atoms with E-state index in [1.54, 1.807) is 31.2 Å². The van der Waals surface area contributed by atoms with Gasteiger partial charge in [0.05, 0.1) is 16.5 Å². The van der Waals surface area contributed by atoms with Crippen molar-refractivity contribution in [2.75, 3.05) is 0 Å². The largest absolute Gasteiger partial charge is 0.293 e. The van der Waals surface area contributed by atoms with Gasteiger partial charge in [-0.2, -0.15) is 5.26 Å². The lowest BCUT2D eigenvalue weighted by Gasteiger charge is -2.01. The fourth-order valence-corrected chi connectivity index (χ4v) is 1.24. The Kier molecular flexibility index (Phi) is 3.21. The Bertz CT molecular complexity index is 365. The summed E-state index contributed by atoms with van der Waals surface area (Å²) in [5.41, 5.74) is 1.09. The van der Waals surface area contributed by atoms with Crippen LogP contribution in [0.5, 0.6) is 0 Å². The van der Waals surface area contributed by atoms with Gasteiger partial charge < -0.3 is 0 Å². The van der Waals surface area contributed by atoms with Crippen molar-refractivity contribution >= 4 is 21.7 Å². The zero-order valence-corrected chi connectivity index (χ0v) is 8.71. The molecule has 0 heterocycles. The lowest BCUT2D eigenvalue weighted by atomic mass is 10.1. The fourth-order valence-electron chi connectivity index (χ4n) is 0.972. The first kappa shape index (κ1) is 9.94. The summed E-state index contributed by atoms with van der Waals surface area (Å²) in [5, 5.41) is 8.61. The first-order valence-electron chi connectivity index (χ1n) is 3.83. The number of hydrogen-bond acceptors (Lipinski definition) is 2. The van der Waals surface area contributed by atoms with Gasteiger partial charge in [-0.15, -0.1) is 0 Å². The maximum absolute atomic E-state index is 11.5. The highest BCUT2D eigenvalue weighted by Gasteiger charge is 2.11. The van der Waals surface area contributed by atoms with Gasteiger partial charge in [-0.1, -0.05) is 28.1 Å². The molecule has 0 saturated heterocycles. The number of carbonyl (C=O) groups excluding carboxylic acids is 1. The molecule has 1 aromatic carbocycles. The number of nitrogens with zero attached hydrogens (tertiary/aromatic N) is 1. The highest BCUT2D eigenvalue weighted by molar-refractivity contribution is 9.10. The van der Waals surface area contributed by atoms with E-state index in [0.29, 0.717) is 11.1 Å². The number of carbonyl (C=O) groups is 1. The van der Waals surface area contributed by atoms with Crippen LogP contribution in [0.15, 0.2) is 24.3 Å². The first-order chi connectivity index (χ1) is 6.15. The van der Waals surface area contributed by atoms with Gasteiger partial charge in [-0.3, -0.25) is 4.79 Å². The van der Waals surface area contributed by atoms with Crippen LogP contribution in [0.2, 0.25) is 0 Å². The number of benzene rings is 1. The van der Waals surface area contributed by atoms with Crippen molar-refractivity contribution in [1.82, 2.24) is 0 Å². The molecule has 1 atom stereocenters. The number of hydrogen-bond donors (Lipinski definition) is 0. The van der Waals surface area contributed by atoms with Gasteiger partial charge >= 0.3 is 0 Å². The molecule has 0 radical (unpaired) electrons. The molecule has 0 spiro atoms. The minimum atomic E-state index is -0.207. The van der Waals surface area contributed by atoms with Crippen LogP contribution in [0, 0.1) is 11.3 Å². The molecule has 1 rings (SSSR count). The SMILES string of the molecule is C[C@@H](Br)C(=O)c1cccc(C#N)c1. The monoisotopic (exact) mass is 237 g/mol. The fraction of sp³-hybridized carbons (Fsp3) is 0.200. The molecule has 0 aliphatic carbocycles. The lowest BCUT2D eigenvalue weighted by molar-refractivity contribution is 0.0996. The number of rotatable bonds is 2. The third-order valence-electron chi connectivity index (χ3n) is 1.64. The molecule has 0 amide bonds. The number of halogens is 1. The van der Waals surface area contributed by atoms with Crippen molar-refractivity contribution in [3.8, 4) is 6.07 Å². The molecular weight excluding hydrogens is 230 g/mol. The molecule has 1 aromatic rings. The summed E-state index contributed by atoms with van der Waals surface area (Å²) in [4.78, 5) is 11.2. The molecule has 0 unspecified atom stereocenters. The minimum absolute atomic E-state index is 0.00269. The van der Waals surface area contributed by atoms with Crippen LogP contribution in [-0.2, 0) is 0 Å². The van der Waals surface area contributed by atoms with Crippen LogP contribution in [0.25, 0.3) is 0 Å². The summed E-state index contributed by atoms with van der Waals surface area (Å²) in [6.07, 6.45) is 0. The van der Waals surface area contributed by atoms with E-state index in [2.05, 4.69) is 15.9 Å². The van der Waals surface area contributed by atoms with E-state index in [1.165, 1.54) is 0 Å². The van der Waals surface area contributed by atoms with Gasteiger partial charge in [-0.25, -0.2) is 0 Å². The molecule has 0 aliphatic rings. The number of Topliss-reactive ketones (excluding diaryl/α,β-unsaturated/α-hetero) is 1. The molecule has 0 aliphatic heterocycles. The van der Waals surface area contributed by atoms with Crippen LogP contribution in [-0.4, -0.2) is 10.6 Å². The van der Waals surface area contributed by atoms with E-state index in [-0.39, 0.29) is 10.6 Å². The Morgan fingerprint density at radius 2 is 2.31 bits per heavy atom. The van der Waals surface area contributed by atoms with Crippen molar-refractivity contribution in [3.63, 3.8) is 0 Å². The van der Waals surface area contributed by atoms with E-state index < -0.39 is 0 Å². The Morgan fingerprint density at radius 1 is 1.62 bits per heavy atom. The lowest BCUT2D eigenvalue weighted by Crippen LogP contribution is -2.09. The predicted molar refractivity (Wildman–Crippen MR) is 53.9 cm³/mol. The summed E-state index contributed by atoms with van der Waals surface area (Å²) in [6, 6.07) is 8.69. The topological polar surface area (TPSA) is 40.9 Å². The minimum Gasteiger partial charge on any atom is -0.293 e. The van der Waals surface area contributed by atoms with E-state index in [9.17, 15) is 4.79 Å². The van der Waals surface area contributed by atoms with Crippen LogP contribution in [0.3, 0.4) is 0 Å². The third-order valence-corrected chi connectivity index (χ3v) is 2.05. The maximum atomic E-state index is 11.5. The molecule has 0 N–H and O–H groups in total. The summed E-state index contributed by atoms with van der Waals surface area (Å²) >= 11 is 3.19. The van der Waals surface area contributed by atoms with Crippen LogP contribution in [0.1, 0.15) is 22.8 Å². The van der Waals surface area contributed by atoms with E-state index in [1.807, 2.05) is 6.07 Å². The molecule has 0 bridgehead atoms. The van der Waals surface area contributed by atoms with E-state index >= 15 is 0 Å². The van der Waals surface area contributed by atoms with Crippen LogP contribution >= 0.6 is 15.9 Å². The molecule has 3 heteroatoms. The molecule has 0 aromatic heterocycles. The molecule has 0 saturated carbocycles. The summed E-state index contributed by atoms with van der Waals surface area (Å²) in [5.74, 6) is -0.00269. The summed E-state index contributed by atoms with van der Waals surface area (Å²) in [7, 11) is 0. The Hall–Kier alpha value is -1.14. The van der Waals surface area contributed by atoms with Crippen molar-refractivity contribution < 1.29 is 4.79 Å². The molecule has 2 nitrogen and oxygen atoms in total. The normalized spacial score (nSPS) is 11.8. The molecular formula is C10H8BrNO. The standard InChI is InChI=1S/C10H8BrNO/c1-7(11)10(13)9-4-2-3-8(5-9)6-12/h2-5,7H,1H3/t7-/m1/s1. The highest BCUT2D eigenvalue weighted by atomic mass is 79.9. The summed E-state index contributed by atoms with van der Waals surface area (Å²) in [6.45, 7) is 1.77. The summed E-state index contributed by atoms with van der Waals surface area (Å²) < 4.78 is 0. The molecule has 13 heavy (non-hydrogen) atoms. The molecule has 0 fully saturated rings. The quantitative estimate of drug-likeness (QED) is 0.586. The van der Waals surface area contributed by atoms with Gasteiger partial charge in [-0.05, 0) is 19.1 Å². The number of ketones is 1. The number of alkyl halides is 1. The Labute approximate surface area is 85.3 Å². The second-order valence-electron chi connectivity index (χ2n) is 2.67. The second-order valence-corrected chi connectivity index (χ2v) is 4.05. The van der Waals surface area contributed by atoms with E-state index in [4.69, 9.17) is 5.26 Å². The Balaban J connectivity index is 3.04. The van der Waals surface area contributed by atoms with Crippen molar-refractivity contribution in [2.45, 2.75) is 11.8 Å². The first-order valence-corrected chi connectivity index (χ1v) is 4.75. The Morgan fingerprint density at radius 3 is 2.85 bits per heavy atom. The van der Waals surface area contributed by atoms with Gasteiger partial charge in [0.25, 0.3) is 0 Å². The molecule has 66 valence electrons. The average molecular weight is 238 g/mol. The van der Waals surface area contributed by atoms with Crippen molar-refractivity contribution in [1.29, 1.82) is 5.26 Å². The highest BCUT2D eigenvalue weighted by Crippen LogP contribution is 2.11. The second kappa shape index (κ2) is 4.20. The van der Waals surface area contributed by atoms with Gasteiger partial charge in [0, 0.05) is 5.56 Å². The zero-order chi connectivity index (χ0) is 9.84. The van der Waals surface area contributed by atoms with E-state index in [0.717, 1.165) is 0 Å². The van der Waals surface area contributed by atoms with Gasteiger partial charge in [0.1, 0.15) is 0 Å². The van der Waals surface area contributed by atoms with Gasteiger partial charge in [0.2, 0.25) is 0 Å². The maximum Gasteiger partial charge on any atom is 0.176 e. The van der Waals surface area contributed by atoms with Crippen LogP contribution < -0.4 is 0 Å². The van der Waals surface area contributed by atoms with Crippen LogP contribution in [0.4, 0.5) is 0 Å². The van der Waals surface area contributed by atoms with Gasteiger partial charge in [0.15, 0.2) is 5.78 Å². The van der Waals surface area contributed by atoms with Crippen molar-refractivity contribution in [2.24, 2.45) is 0 Å². The average Bonchev–Trinajstić information content (AvgIpc) is 2.16. The number of nitriles is 1. The smallest absolute Gasteiger partial charge is 0.176 e. The third kappa shape index (κ3) is 2.40.